The number of fused-ring (bicyclic) bond motifs is 1. The molecule has 0 atom stereocenters. The van der Waals surface area contributed by atoms with E-state index in [-0.39, 0.29) is 23.3 Å². The van der Waals surface area contributed by atoms with Crippen molar-refractivity contribution < 1.29 is 4.74 Å². The maximum absolute atomic E-state index is 13.2. The highest BCUT2D eigenvalue weighted by molar-refractivity contribution is 7.09. The van der Waals surface area contributed by atoms with Crippen LogP contribution in [0, 0.1) is 0 Å². The quantitative estimate of drug-likeness (QED) is 0.429. The largest absolute Gasteiger partial charge is 0.497 e. The number of ether oxygens (including phenoxy) is 1. The summed E-state index contributed by atoms with van der Waals surface area (Å²) in [4.78, 5) is 38.0. The van der Waals surface area contributed by atoms with Crippen molar-refractivity contribution in [1.29, 1.82) is 0 Å². The second-order valence-corrected chi connectivity index (χ2v) is 8.14. The van der Waals surface area contributed by atoms with Gasteiger partial charge in [-0.15, -0.1) is 11.3 Å². The Kier molecular flexibility index (Phi) is 5.12. The molecule has 10 heteroatoms. The highest BCUT2D eigenvalue weighted by atomic mass is 32.1. The number of rotatable bonds is 6. The summed E-state index contributed by atoms with van der Waals surface area (Å²) in [5, 5.41) is 6.52. The number of hydrogen-bond donors (Lipinski definition) is 1. The molecule has 4 heterocycles. The van der Waals surface area contributed by atoms with Crippen LogP contribution < -0.4 is 15.9 Å². The normalized spacial score (nSPS) is 11.2. The van der Waals surface area contributed by atoms with Crippen molar-refractivity contribution in [3.63, 3.8) is 0 Å². The molecule has 0 amide bonds. The minimum atomic E-state index is -0.323. The van der Waals surface area contributed by atoms with Gasteiger partial charge in [-0.05, 0) is 41.8 Å². The highest BCUT2D eigenvalue weighted by Crippen LogP contribution is 2.22. The first kappa shape index (κ1) is 19.9. The van der Waals surface area contributed by atoms with Crippen LogP contribution in [0.25, 0.3) is 22.4 Å². The Morgan fingerprint density at radius 2 is 1.94 bits per heavy atom. The van der Waals surface area contributed by atoms with Gasteiger partial charge >= 0.3 is 0 Å². The molecule has 0 radical (unpaired) electrons. The predicted molar refractivity (Wildman–Crippen MR) is 121 cm³/mol. The topological polar surface area (TPSA) is 108 Å². The zero-order valence-electron chi connectivity index (χ0n) is 17.1. The summed E-state index contributed by atoms with van der Waals surface area (Å²) in [6.45, 7) is -0.0684. The lowest BCUT2D eigenvalue weighted by molar-refractivity contribution is 0.415. The SMILES string of the molecule is COc1ccc(-c2cc(Cc3cccs3)c(=O)n(Cn3cnc4nc[nH]c4c3=O)n2)cc1. The molecule has 0 spiro atoms. The maximum Gasteiger partial charge on any atom is 0.280 e. The first-order valence-corrected chi connectivity index (χ1v) is 10.7. The van der Waals surface area contributed by atoms with Crippen molar-refractivity contribution in [1.82, 2.24) is 29.3 Å². The fraction of sp³-hybridized carbons (Fsp3) is 0.136. The van der Waals surface area contributed by atoms with Gasteiger partial charge in [-0.1, -0.05) is 6.07 Å². The fourth-order valence-corrected chi connectivity index (χ4v) is 4.16. The van der Waals surface area contributed by atoms with E-state index in [1.54, 1.807) is 24.5 Å². The number of aromatic nitrogens is 6. The second-order valence-electron chi connectivity index (χ2n) is 7.11. The van der Waals surface area contributed by atoms with Crippen molar-refractivity contribution in [2.45, 2.75) is 13.1 Å². The van der Waals surface area contributed by atoms with E-state index in [4.69, 9.17) is 4.74 Å². The zero-order chi connectivity index (χ0) is 22.1. The average molecular weight is 446 g/mol. The molecule has 0 bridgehead atoms. The molecule has 1 N–H and O–H groups in total. The van der Waals surface area contributed by atoms with Crippen LogP contribution in [-0.4, -0.2) is 36.4 Å². The van der Waals surface area contributed by atoms with E-state index in [9.17, 15) is 9.59 Å². The first-order chi connectivity index (χ1) is 15.6. The van der Waals surface area contributed by atoms with Gasteiger partial charge in [-0.25, -0.2) is 14.6 Å². The van der Waals surface area contributed by atoms with Gasteiger partial charge in [-0.3, -0.25) is 14.2 Å². The van der Waals surface area contributed by atoms with E-state index in [2.05, 4.69) is 20.1 Å². The lowest BCUT2D eigenvalue weighted by Gasteiger charge is -2.12. The molecule has 9 nitrogen and oxygen atoms in total. The van der Waals surface area contributed by atoms with E-state index in [0.29, 0.717) is 23.3 Å². The molecular formula is C22H18N6O3S. The predicted octanol–water partition coefficient (Wildman–Crippen LogP) is 2.51. The van der Waals surface area contributed by atoms with E-state index >= 15 is 0 Å². The van der Waals surface area contributed by atoms with E-state index in [1.165, 1.54) is 21.9 Å². The summed E-state index contributed by atoms with van der Waals surface area (Å²) in [5.74, 6) is 0.728. The summed E-state index contributed by atoms with van der Waals surface area (Å²) < 4.78 is 7.87. The van der Waals surface area contributed by atoms with Crippen LogP contribution in [0.1, 0.15) is 10.4 Å². The third-order valence-electron chi connectivity index (χ3n) is 5.08. The number of hydrogen-bond acceptors (Lipinski definition) is 7. The Bertz CT molecular complexity index is 1500. The number of H-pyrrole nitrogens is 1. The first-order valence-electron chi connectivity index (χ1n) is 9.79. The number of nitrogens with one attached hydrogen (secondary N) is 1. The Morgan fingerprint density at radius 1 is 1.09 bits per heavy atom. The van der Waals surface area contributed by atoms with E-state index in [1.807, 2.05) is 41.8 Å². The van der Waals surface area contributed by atoms with Gasteiger partial charge in [0.1, 0.15) is 18.7 Å². The molecule has 0 aliphatic heterocycles. The van der Waals surface area contributed by atoms with Crippen LogP contribution in [-0.2, 0) is 13.1 Å². The minimum absolute atomic E-state index is 0.0684. The summed E-state index contributed by atoms with van der Waals surface area (Å²) in [7, 11) is 1.61. The van der Waals surface area contributed by atoms with Gasteiger partial charge in [0.15, 0.2) is 11.2 Å². The summed E-state index contributed by atoms with van der Waals surface area (Å²) in [6.07, 6.45) is 3.27. The Hall–Kier alpha value is -4.05. The van der Waals surface area contributed by atoms with Gasteiger partial charge < -0.3 is 9.72 Å². The molecule has 0 saturated heterocycles. The van der Waals surface area contributed by atoms with Crippen LogP contribution in [0.15, 0.2) is 70.1 Å². The minimum Gasteiger partial charge on any atom is -0.497 e. The summed E-state index contributed by atoms with van der Waals surface area (Å²) in [5.41, 5.74) is 2.09. The van der Waals surface area contributed by atoms with Crippen LogP contribution in [0.2, 0.25) is 0 Å². The number of thiophene rings is 1. The van der Waals surface area contributed by atoms with Crippen LogP contribution in [0.5, 0.6) is 5.75 Å². The zero-order valence-corrected chi connectivity index (χ0v) is 17.9. The van der Waals surface area contributed by atoms with Gasteiger partial charge in [0, 0.05) is 22.4 Å². The van der Waals surface area contributed by atoms with Crippen molar-refractivity contribution in [3.05, 3.63) is 91.6 Å². The number of nitrogens with zero attached hydrogens (tertiary/aromatic N) is 5. The molecule has 0 aliphatic rings. The van der Waals surface area contributed by atoms with E-state index < -0.39 is 0 Å². The molecule has 32 heavy (non-hydrogen) atoms. The monoisotopic (exact) mass is 446 g/mol. The Labute approximate surface area is 185 Å². The molecule has 5 rings (SSSR count). The Morgan fingerprint density at radius 3 is 2.69 bits per heavy atom. The smallest absolute Gasteiger partial charge is 0.280 e. The third kappa shape index (κ3) is 3.71. The lowest BCUT2D eigenvalue weighted by atomic mass is 10.1. The summed E-state index contributed by atoms with van der Waals surface area (Å²) in [6, 6.07) is 13.2. The van der Waals surface area contributed by atoms with Gasteiger partial charge in [0.2, 0.25) is 0 Å². The average Bonchev–Trinajstić information content (AvgIpc) is 3.50. The highest BCUT2D eigenvalue weighted by Gasteiger charge is 2.14. The van der Waals surface area contributed by atoms with Crippen LogP contribution >= 0.6 is 11.3 Å². The lowest BCUT2D eigenvalue weighted by Crippen LogP contribution is -2.33. The number of benzene rings is 1. The van der Waals surface area contributed by atoms with Crippen LogP contribution in [0.4, 0.5) is 0 Å². The van der Waals surface area contributed by atoms with Crippen molar-refractivity contribution in [2.24, 2.45) is 0 Å². The van der Waals surface area contributed by atoms with Crippen molar-refractivity contribution in [2.75, 3.05) is 7.11 Å². The number of aromatic amines is 1. The molecule has 0 aliphatic carbocycles. The number of imidazole rings is 1. The van der Waals surface area contributed by atoms with Crippen molar-refractivity contribution in [3.8, 4) is 17.0 Å². The molecular weight excluding hydrogens is 428 g/mol. The van der Waals surface area contributed by atoms with Gasteiger partial charge in [0.05, 0.1) is 19.1 Å². The second kappa shape index (κ2) is 8.23. The molecule has 5 aromatic rings. The van der Waals surface area contributed by atoms with Crippen molar-refractivity contribution >= 4 is 22.5 Å². The fourth-order valence-electron chi connectivity index (χ4n) is 3.43. The molecule has 0 fully saturated rings. The summed E-state index contributed by atoms with van der Waals surface area (Å²) >= 11 is 1.59. The third-order valence-corrected chi connectivity index (χ3v) is 5.96. The van der Waals surface area contributed by atoms with Gasteiger partial charge in [-0.2, -0.15) is 5.10 Å². The number of methoxy groups -OCH3 is 1. The standard InChI is InChI=1S/C22H18N6O3S/c1-31-16-6-4-14(5-7-16)18-10-15(9-17-3-2-8-32-17)21(29)28(26-18)13-27-12-25-20-19(22(27)30)23-11-24-20/h2-8,10-12H,9,13H2,1H3,(H,23,24). The molecule has 4 aromatic heterocycles. The molecule has 0 saturated carbocycles. The maximum atomic E-state index is 13.2. The molecule has 160 valence electrons. The van der Waals surface area contributed by atoms with Gasteiger partial charge in [0.25, 0.3) is 11.1 Å². The van der Waals surface area contributed by atoms with E-state index in [0.717, 1.165) is 16.2 Å². The molecule has 0 unspecified atom stereocenters. The Balaban J connectivity index is 1.61. The molecule has 1 aromatic carbocycles. The van der Waals surface area contributed by atoms with Crippen LogP contribution in [0.3, 0.4) is 0 Å².